The number of imidazole rings is 1. The highest BCUT2D eigenvalue weighted by Crippen LogP contribution is 2.32. The maximum atomic E-state index is 14.0. The number of benzene rings is 1. The molecule has 1 aliphatic rings. The predicted octanol–water partition coefficient (Wildman–Crippen LogP) is 2.53. The molecule has 0 spiro atoms. The van der Waals surface area contributed by atoms with E-state index in [1.54, 1.807) is 30.6 Å². The van der Waals surface area contributed by atoms with E-state index in [-0.39, 0.29) is 17.4 Å². The molecule has 0 aliphatic carbocycles. The van der Waals surface area contributed by atoms with Crippen LogP contribution in [0.4, 0.5) is 26.4 Å². The van der Waals surface area contributed by atoms with E-state index in [1.807, 2.05) is 4.90 Å². The SMILES string of the molecule is COc1cccc2c1nc(C(F)F)n2-c1nc(Nc2cncnc2)nc(N2CCOCC2)n1. The quantitative estimate of drug-likeness (QED) is 0.465. The summed E-state index contributed by atoms with van der Waals surface area (Å²) in [4.78, 5) is 27.4. The van der Waals surface area contributed by atoms with Crippen molar-refractivity contribution in [3.63, 3.8) is 0 Å². The zero-order valence-electron chi connectivity index (χ0n) is 17.5. The fourth-order valence-corrected chi connectivity index (χ4v) is 3.52. The molecule has 0 unspecified atom stereocenters. The number of para-hydroxylation sites is 1. The highest BCUT2D eigenvalue weighted by Gasteiger charge is 2.25. The highest BCUT2D eigenvalue weighted by atomic mass is 19.3. The van der Waals surface area contributed by atoms with E-state index >= 15 is 0 Å². The second kappa shape index (κ2) is 8.86. The van der Waals surface area contributed by atoms with Gasteiger partial charge in [0.15, 0.2) is 5.82 Å². The number of nitrogens with zero attached hydrogens (tertiary/aromatic N) is 8. The van der Waals surface area contributed by atoms with Crippen LogP contribution in [0.2, 0.25) is 0 Å². The van der Waals surface area contributed by atoms with Crippen molar-refractivity contribution >= 4 is 28.6 Å². The van der Waals surface area contributed by atoms with Crippen LogP contribution in [-0.2, 0) is 4.74 Å². The lowest BCUT2D eigenvalue weighted by atomic mass is 10.3. The lowest BCUT2D eigenvalue weighted by Gasteiger charge is -2.27. The van der Waals surface area contributed by atoms with Crippen molar-refractivity contribution in [2.24, 2.45) is 0 Å². The van der Waals surface area contributed by atoms with Gasteiger partial charge in [0.05, 0.1) is 43.9 Å². The van der Waals surface area contributed by atoms with Gasteiger partial charge in [0, 0.05) is 13.1 Å². The molecular weight excluding hydrogens is 436 g/mol. The summed E-state index contributed by atoms with van der Waals surface area (Å²) in [5.74, 6) is 0.351. The molecule has 13 heteroatoms. The number of hydrogen-bond donors (Lipinski definition) is 1. The summed E-state index contributed by atoms with van der Waals surface area (Å²) in [5.41, 5.74) is 1.21. The van der Waals surface area contributed by atoms with Crippen LogP contribution in [-0.4, -0.2) is 67.9 Å². The number of methoxy groups -OCH3 is 1. The molecule has 11 nitrogen and oxygen atoms in total. The van der Waals surface area contributed by atoms with Crippen LogP contribution in [0.3, 0.4) is 0 Å². The number of nitrogens with one attached hydrogen (secondary N) is 1. The normalized spacial score (nSPS) is 14.1. The topological polar surface area (TPSA) is 116 Å². The Hall–Kier alpha value is -4.00. The molecule has 4 heterocycles. The molecule has 0 saturated carbocycles. The van der Waals surface area contributed by atoms with Gasteiger partial charge in [-0.2, -0.15) is 15.0 Å². The fourth-order valence-electron chi connectivity index (χ4n) is 3.52. The van der Waals surface area contributed by atoms with Crippen LogP contribution < -0.4 is 15.0 Å². The number of hydrogen-bond acceptors (Lipinski definition) is 10. The van der Waals surface area contributed by atoms with E-state index in [9.17, 15) is 8.78 Å². The molecule has 1 N–H and O–H groups in total. The minimum absolute atomic E-state index is 0.00288. The van der Waals surface area contributed by atoms with Gasteiger partial charge in [0.2, 0.25) is 17.8 Å². The summed E-state index contributed by atoms with van der Waals surface area (Å²) in [5, 5.41) is 3.01. The smallest absolute Gasteiger partial charge is 0.296 e. The minimum atomic E-state index is -2.87. The Balaban J connectivity index is 1.69. The number of anilines is 3. The van der Waals surface area contributed by atoms with Gasteiger partial charge in [-0.05, 0) is 12.1 Å². The molecule has 1 fully saturated rings. The Kier molecular flexibility index (Phi) is 5.60. The van der Waals surface area contributed by atoms with Gasteiger partial charge in [0.25, 0.3) is 6.43 Å². The van der Waals surface area contributed by atoms with Crippen LogP contribution in [0.1, 0.15) is 12.2 Å². The fraction of sp³-hybridized carbons (Fsp3) is 0.300. The molecule has 0 amide bonds. The van der Waals surface area contributed by atoms with Crippen LogP contribution >= 0.6 is 0 Å². The summed E-state index contributed by atoms with van der Waals surface area (Å²) < 4.78 is 40.0. The molecule has 0 radical (unpaired) electrons. The number of fused-ring (bicyclic) bond motifs is 1. The molecule has 1 aliphatic heterocycles. The van der Waals surface area contributed by atoms with Gasteiger partial charge in [-0.15, -0.1) is 0 Å². The van der Waals surface area contributed by atoms with Gasteiger partial charge in [0.1, 0.15) is 17.6 Å². The van der Waals surface area contributed by atoms with Gasteiger partial charge in [-0.25, -0.2) is 23.7 Å². The molecule has 170 valence electrons. The van der Waals surface area contributed by atoms with Crippen molar-refractivity contribution in [1.29, 1.82) is 0 Å². The summed E-state index contributed by atoms with van der Waals surface area (Å²) >= 11 is 0. The summed E-state index contributed by atoms with van der Waals surface area (Å²) in [6.07, 6.45) is 1.62. The van der Waals surface area contributed by atoms with E-state index < -0.39 is 12.2 Å². The van der Waals surface area contributed by atoms with Crippen molar-refractivity contribution in [1.82, 2.24) is 34.5 Å². The Bertz CT molecular complexity index is 1260. The third kappa shape index (κ3) is 4.09. The number of rotatable bonds is 6. The first-order valence-corrected chi connectivity index (χ1v) is 10.1. The maximum Gasteiger partial charge on any atom is 0.296 e. The van der Waals surface area contributed by atoms with Crippen LogP contribution in [0.25, 0.3) is 17.0 Å². The Morgan fingerprint density at radius 3 is 2.52 bits per heavy atom. The van der Waals surface area contributed by atoms with Gasteiger partial charge in [-0.1, -0.05) is 6.07 Å². The van der Waals surface area contributed by atoms with Crippen molar-refractivity contribution in [3.8, 4) is 11.7 Å². The van der Waals surface area contributed by atoms with Crippen LogP contribution in [0.5, 0.6) is 5.75 Å². The number of ether oxygens (including phenoxy) is 2. The van der Waals surface area contributed by atoms with Crippen molar-refractivity contribution in [2.75, 3.05) is 43.6 Å². The van der Waals surface area contributed by atoms with E-state index in [0.717, 1.165) is 0 Å². The third-order valence-electron chi connectivity index (χ3n) is 5.01. The van der Waals surface area contributed by atoms with Crippen LogP contribution in [0.15, 0.2) is 36.9 Å². The second-order valence-corrected chi connectivity index (χ2v) is 7.04. The second-order valence-electron chi connectivity index (χ2n) is 7.04. The van der Waals surface area contributed by atoms with Gasteiger partial charge < -0.3 is 19.7 Å². The van der Waals surface area contributed by atoms with E-state index in [2.05, 4.69) is 35.2 Å². The highest BCUT2D eigenvalue weighted by molar-refractivity contribution is 5.84. The van der Waals surface area contributed by atoms with Gasteiger partial charge in [-0.3, -0.25) is 4.57 Å². The molecule has 5 rings (SSSR count). The molecule has 0 atom stereocenters. The summed E-state index contributed by atoms with van der Waals surface area (Å²) in [7, 11) is 1.46. The molecule has 33 heavy (non-hydrogen) atoms. The number of alkyl halides is 2. The van der Waals surface area contributed by atoms with Crippen molar-refractivity contribution in [2.45, 2.75) is 6.43 Å². The first-order valence-electron chi connectivity index (χ1n) is 10.1. The van der Waals surface area contributed by atoms with E-state index in [4.69, 9.17) is 9.47 Å². The van der Waals surface area contributed by atoms with Crippen LogP contribution in [0, 0.1) is 0 Å². The van der Waals surface area contributed by atoms with Gasteiger partial charge >= 0.3 is 0 Å². The monoisotopic (exact) mass is 455 g/mol. The van der Waals surface area contributed by atoms with E-state index in [0.29, 0.717) is 49.2 Å². The molecule has 3 aromatic heterocycles. The molecule has 1 saturated heterocycles. The summed E-state index contributed by atoms with van der Waals surface area (Å²) in [6, 6.07) is 5.01. The zero-order chi connectivity index (χ0) is 22.8. The Morgan fingerprint density at radius 1 is 1.03 bits per heavy atom. The molecule has 1 aromatic carbocycles. The number of aromatic nitrogens is 7. The lowest BCUT2D eigenvalue weighted by Crippen LogP contribution is -2.37. The molecule has 0 bridgehead atoms. The molecule has 4 aromatic rings. The maximum absolute atomic E-state index is 14.0. The largest absolute Gasteiger partial charge is 0.494 e. The lowest BCUT2D eigenvalue weighted by molar-refractivity contribution is 0.122. The average Bonchev–Trinajstić information content (AvgIpc) is 3.25. The zero-order valence-corrected chi connectivity index (χ0v) is 17.5. The first kappa shape index (κ1) is 20.9. The minimum Gasteiger partial charge on any atom is -0.494 e. The number of morpholine rings is 1. The van der Waals surface area contributed by atoms with Crippen molar-refractivity contribution in [3.05, 3.63) is 42.7 Å². The standard InChI is InChI=1S/C20H19F2N9O2/c1-32-14-4-2-3-13-15(14)26-17(16(21)22)31(13)20-28-18(25-12-9-23-11-24-10-12)27-19(29-20)30-5-7-33-8-6-30/h2-4,9-11,16H,5-8H2,1H3,(H,25,27,28,29). The Labute approximate surface area is 186 Å². The molecular formula is C20H19F2N9O2. The summed E-state index contributed by atoms with van der Waals surface area (Å²) in [6.45, 7) is 2.11. The first-order chi connectivity index (χ1) is 16.1. The number of halogens is 2. The Morgan fingerprint density at radius 2 is 1.79 bits per heavy atom. The van der Waals surface area contributed by atoms with E-state index in [1.165, 1.54) is 18.0 Å². The predicted molar refractivity (Wildman–Crippen MR) is 114 cm³/mol. The van der Waals surface area contributed by atoms with Crippen molar-refractivity contribution < 1.29 is 18.3 Å². The third-order valence-corrected chi connectivity index (χ3v) is 5.01. The average molecular weight is 455 g/mol.